The monoisotopic (exact) mass is 512 g/mol. The number of thioether (sulfide) groups is 1. The quantitative estimate of drug-likeness (QED) is 0.212. The molecule has 0 spiro atoms. The van der Waals surface area contributed by atoms with Crippen molar-refractivity contribution in [2.24, 2.45) is 0 Å². The van der Waals surface area contributed by atoms with Gasteiger partial charge in [-0.25, -0.2) is 4.98 Å². The Morgan fingerprint density at radius 1 is 1.19 bits per heavy atom. The molecule has 1 aliphatic rings. The Morgan fingerprint density at radius 2 is 1.97 bits per heavy atom. The summed E-state index contributed by atoms with van der Waals surface area (Å²) in [7, 11) is 1.48. The van der Waals surface area contributed by atoms with E-state index in [1.54, 1.807) is 42.5 Å². The molecule has 2 heterocycles. The van der Waals surface area contributed by atoms with Gasteiger partial charge in [0.15, 0.2) is 17.3 Å². The lowest BCUT2D eigenvalue weighted by Gasteiger charge is -2.13. The van der Waals surface area contributed by atoms with Crippen LogP contribution in [0.4, 0.5) is 13.2 Å². The van der Waals surface area contributed by atoms with E-state index in [-0.39, 0.29) is 34.5 Å². The topological polar surface area (TPSA) is 81.4 Å². The fourth-order valence-electron chi connectivity index (χ4n) is 3.51. The second-order valence-electron chi connectivity index (χ2n) is 7.74. The molecule has 0 saturated carbocycles. The van der Waals surface area contributed by atoms with Gasteiger partial charge in [0.05, 0.1) is 12.7 Å². The first kappa shape index (κ1) is 25.1. The Morgan fingerprint density at radius 3 is 2.69 bits per heavy atom. The van der Waals surface area contributed by atoms with E-state index in [2.05, 4.69) is 4.98 Å². The van der Waals surface area contributed by atoms with Crippen LogP contribution in [0.3, 0.4) is 0 Å². The van der Waals surface area contributed by atoms with Crippen molar-refractivity contribution in [2.75, 3.05) is 13.9 Å². The highest BCUT2D eigenvalue weighted by Gasteiger charge is 2.34. The molecule has 0 aliphatic carbocycles. The van der Waals surface area contributed by atoms with Crippen molar-refractivity contribution in [1.29, 1.82) is 5.26 Å². The predicted molar refractivity (Wildman–Crippen MR) is 127 cm³/mol. The van der Waals surface area contributed by atoms with Gasteiger partial charge in [0.1, 0.15) is 22.5 Å². The van der Waals surface area contributed by atoms with Gasteiger partial charge in [0.2, 0.25) is 6.79 Å². The lowest BCUT2D eigenvalue weighted by molar-refractivity contribution is -0.141. The maximum absolute atomic E-state index is 13.2. The van der Waals surface area contributed by atoms with E-state index < -0.39 is 11.9 Å². The zero-order valence-corrected chi connectivity index (χ0v) is 20.0. The number of nitrogens with zero attached hydrogens (tertiary/aromatic N) is 2. The van der Waals surface area contributed by atoms with E-state index in [0.29, 0.717) is 33.9 Å². The van der Waals surface area contributed by atoms with Crippen molar-refractivity contribution in [3.8, 4) is 23.3 Å². The summed E-state index contributed by atoms with van der Waals surface area (Å²) in [6, 6.07) is 13.0. The number of fused-ring (bicyclic) bond motifs is 1. The maximum atomic E-state index is 13.2. The van der Waals surface area contributed by atoms with E-state index in [0.717, 1.165) is 17.8 Å². The normalized spacial score (nSPS) is 12.6. The molecule has 1 aliphatic heterocycles. The number of rotatable bonds is 7. The minimum absolute atomic E-state index is 0.00851. The third-order valence-corrected chi connectivity index (χ3v) is 6.36. The molecule has 1 aromatic heterocycles. The zero-order chi connectivity index (χ0) is 25.9. The molecular weight excluding hydrogens is 493 g/mol. The van der Waals surface area contributed by atoms with Crippen LogP contribution in [0.5, 0.6) is 17.2 Å². The Hall–Kier alpha value is -3.97. The summed E-state index contributed by atoms with van der Waals surface area (Å²) in [6.07, 6.45) is -1.57. The average Bonchev–Trinajstić information content (AvgIpc) is 3.33. The highest BCUT2D eigenvalue weighted by Crippen LogP contribution is 2.35. The SMILES string of the molecule is COc1ccc(/C=C/C(=O)c2ccc3c(c2)OCO3)cc1CSc1nc(C(F)(F)F)cc(C)c1C#N. The van der Waals surface area contributed by atoms with Gasteiger partial charge in [-0.2, -0.15) is 18.4 Å². The van der Waals surface area contributed by atoms with Crippen molar-refractivity contribution in [1.82, 2.24) is 4.98 Å². The highest BCUT2D eigenvalue weighted by molar-refractivity contribution is 7.98. The second-order valence-corrected chi connectivity index (χ2v) is 8.70. The third-order valence-electron chi connectivity index (χ3n) is 5.34. The van der Waals surface area contributed by atoms with E-state index in [4.69, 9.17) is 14.2 Å². The standard InChI is InChI=1S/C26H19F3N2O4S/c1-15-9-24(26(27,28)29)31-25(19(15)12-30)36-13-18-10-16(4-7-21(18)33-2)3-6-20(32)17-5-8-22-23(11-17)35-14-34-22/h3-11H,13-14H2,1-2H3/b6-3+. The van der Waals surface area contributed by atoms with E-state index >= 15 is 0 Å². The molecule has 0 saturated heterocycles. The molecule has 0 amide bonds. The molecule has 0 bridgehead atoms. The molecule has 0 radical (unpaired) electrons. The molecule has 2 aromatic carbocycles. The summed E-state index contributed by atoms with van der Waals surface area (Å²) < 4.78 is 55.6. The van der Waals surface area contributed by atoms with Crippen LogP contribution in [-0.4, -0.2) is 24.7 Å². The van der Waals surface area contributed by atoms with Crippen LogP contribution in [0.25, 0.3) is 6.08 Å². The fraction of sp³-hybridized carbons (Fsp3) is 0.192. The molecular formula is C26H19F3N2O4S. The number of methoxy groups -OCH3 is 1. The van der Waals surface area contributed by atoms with Gasteiger partial charge in [0.25, 0.3) is 0 Å². The maximum Gasteiger partial charge on any atom is 0.433 e. The number of allylic oxidation sites excluding steroid dienone is 1. The lowest BCUT2D eigenvalue weighted by atomic mass is 10.1. The van der Waals surface area contributed by atoms with Crippen LogP contribution in [0, 0.1) is 18.3 Å². The van der Waals surface area contributed by atoms with Crippen LogP contribution in [0.1, 0.15) is 38.3 Å². The van der Waals surface area contributed by atoms with Gasteiger partial charge in [-0.3, -0.25) is 4.79 Å². The minimum atomic E-state index is -4.62. The van der Waals surface area contributed by atoms with Gasteiger partial charge in [-0.15, -0.1) is 11.8 Å². The number of hydrogen-bond acceptors (Lipinski definition) is 7. The molecule has 10 heteroatoms. The molecule has 0 fully saturated rings. The van der Waals surface area contributed by atoms with Gasteiger partial charge >= 0.3 is 6.18 Å². The summed E-state index contributed by atoms with van der Waals surface area (Å²) >= 11 is 1.01. The van der Waals surface area contributed by atoms with Crippen molar-refractivity contribution in [2.45, 2.75) is 23.9 Å². The number of aromatic nitrogens is 1. The molecule has 0 N–H and O–H groups in total. The first-order valence-corrected chi connectivity index (χ1v) is 11.6. The molecule has 6 nitrogen and oxygen atoms in total. The van der Waals surface area contributed by atoms with Crippen LogP contribution in [-0.2, 0) is 11.9 Å². The van der Waals surface area contributed by atoms with Gasteiger partial charge in [0, 0.05) is 16.9 Å². The minimum Gasteiger partial charge on any atom is -0.496 e. The highest BCUT2D eigenvalue weighted by atomic mass is 32.2. The largest absolute Gasteiger partial charge is 0.496 e. The van der Waals surface area contributed by atoms with Crippen molar-refractivity contribution in [3.63, 3.8) is 0 Å². The molecule has 0 atom stereocenters. The summed E-state index contributed by atoms with van der Waals surface area (Å²) in [6.45, 7) is 1.56. The number of hydrogen-bond donors (Lipinski definition) is 0. The van der Waals surface area contributed by atoms with Crippen molar-refractivity contribution < 1.29 is 32.2 Å². The summed E-state index contributed by atoms with van der Waals surface area (Å²) in [5, 5.41) is 9.43. The first-order chi connectivity index (χ1) is 17.2. The second kappa shape index (κ2) is 10.3. The lowest BCUT2D eigenvalue weighted by Crippen LogP contribution is -2.10. The third kappa shape index (κ3) is 5.47. The summed E-state index contributed by atoms with van der Waals surface area (Å²) in [4.78, 5) is 16.3. The Labute approximate surface area is 209 Å². The number of alkyl halides is 3. The van der Waals surface area contributed by atoms with Gasteiger partial charge in [-0.1, -0.05) is 12.1 Å². The van der Waals surface area contributed by atoms with Gasteiger partial charge in [-0.05, 0) is 60.5 Å². The molecule has 4 rings (SSSR count). The number of carbonyl (C=O) groups is 1. The van der Waals surface area contributed by atoms with Gasteiger partial charge < -0.3 is 14.2 Å². The summed E-state index contributed by atoms with van der Waals surface area (Å²) in [5.41, 5.74) is 1.04. The zero-order valence-electron chi connectivity index (χ0n) is 19.2. The van der Waals surface area contributed by atoms with E-state index in [1.165, 1.54) is 20.1 Å². The number of halogens is 3. The molecule has 3 aromatic rings. The van der Waals surface area contributed by atoms with Crippen LogP contribution in [0.15, 0.2) is 53.6 Å². The Bertz CT molecular complexity index is 1400. The van der Waals surface area contributed by atoms with Crippen molar-refractivity contribution in [3.05, 3.63) is 82.1 Å². The van der Waals surface area contributed by atoms with E-state index in [9.17, 15) is 23.2 Å². The number of pyridine rings is 1. The van der Waals surface area contributed by atoms with Crippen LogP contribution >= 0.6 is 11.8 Å². The molecule has 36 heavy (non-hydrogen) atoms. The number of benzene rings is 2. The molecule has 0 unspecified atom stereocenters. The fourth-order valence-corrected chi connectivity index (χ4v) is 4.54. The Balaban J connectivity index is 1.55. The predicted octanol–water partition coefficient (Wildman–Crippen LogP) is 6.21. The van der Waals surface area contributed by atoms with Crippen LogP contribution < -0.4 is 14.2 Å². The Kier molecular flexibility index (Phi) is 7.22. The average molecular weight is 513 g/mol. The van der Waals surface area contributed by atoms with Crippen LogP contribution in [0.2, 0.25) is 0 Å². The van der Waals surface area contributed by atoms with E-state index in [1.807, 2.05) is 6.07 Å². The number of ketones is 1. The number of aryl methyl sites for hydroxylation is 1. The van der Waals surface area contributed by atoms with Crippen molar-refractivity contribution >= 4 is 23.6 Å². The number of carbonyl (C=O) groups excluding carboxylic acids is 1. The smallest absolute Gasteiger partial charge is 0.433 e. The number of nitriles is 1. The molecule has 184 valence electrons. The number of ether oxygens (including phenoxy) is 3. The first-order valence-electron chi connectivity index (χ1n) is 10.6. The summed E-state index contributed by atoms with van der Waals surface area (Å²) in [5.74, 6) is 1.57.